The van der Waals surface area contributed by atoms with Crippen molar-refractivity contribution in [3.63, 3.8) is 0 Å². The third-order valence-corrected chi connectivity index (χ3v) is 4.80. The Morgan fingerprint density at radius 2 is 1.68 bits per heavy atom. The van der Waals surface area contributed by atoms with E-state index in [1.54, 1.807) is 0 Å². The maximum atomic E-state index is 12.5. The average molecular weight is 322 g/mol. The lowest BCUT2D eigenvalue weighted by atomic mass is 9.76. The molecular weight excluding hydrogens is 306 g/mol. The monoisotopic (exact) mass is 321 g/mol. The number of fused-ring (bicyclic) bond motifs is 1. The number of hydrogen-bond donors (Lipinski definition) is 0. The van der Waals surface area contributed by atoms with Crippen LogP contribution in [0.1, 0.15) is 26.2 Å². The molecule has 1 aliphatic carbocycles. The summed E-state index contributed by atoms with van der Waals surface area (Å²) in [6.45, 7) is 2.16. The molecule has 4 heteroatoms. The van der Waals surface area contributed by atoms with Crippen LogP contribution in [0.2, 0.25) is 0 Å². The lowest BCUT2D eigenvalue weighted by Gasteiger charge is -2.25. The van der Waals surface area contributed by atoms with Crippen LogP contribution in [0.4, 0.5) is 5.69 Å². The smallest absolute Gasteiger partial charge is 0.237 e. The van der Waals surface area contributed by atoms with Gasteiger partial charge in [0.05, 0.1) is 17.5 Å². The number of halogens is 1. The fourth-order valence-electron chi connectivity index (χ4n) is 3.23. The van der Waals surface area contributed by atoms with Crippen LogP contribution in [0.15, 0.2) is 28.7 Å². The fourth-order valence-corrected chi connectivity index (χ4v) is 3.50. The molecule has 1 heterocycles. The van der Waals surface area contributed by atoms with Gasteiger partial charge < -0.3 is 0 Å². The van der Waals surface area contributed by atoms with Crippen molar-refractivity contribution in [2.24, 2.45) is 17.8 Å². The molecule has 100 valence electrons. The van der Waals surface area contributed by atoms with Crippen molar-refractivity contribution in [1.29, 1.82) is 0 Å². The van der Waals surface area contributed by atoms with Gasteiger partial charge in [-0.2, -0.15) is 0 Å². The molecule has 0 spiro atoms. The number of benzene rings is 1. The van der Waals surface area contributed by atoms with Gasteiger partial charge in [-0.3, -0.25) is 14.5 Å². The minimum atomic E-state index is -0.0973. The largest absolute Gasteiger partial charge is 0.274 e. The molecule has 3 atom stereocenters. The molecule has 2 fully saturated rings. The van der Waals surface area contributed by atoms with Gasteiger partial charge in [0, 0.05) is 4.47 Å². The molecular formula is C15H16BrNO2. The standard InChI is InChI=1S/C15H16BrNO2/c1-9-2-7-12-13(8-9)15(19)17(14(12)18)11-5-3-10(16)4-6-11/h3-6,9,12-13H,2,7-8H2,1H3/t9-,12+,13+/m1/s1. The zero-order valence-corrected chi connectivity index (χ0v) is 12.4. The summed E-state index contributed by atoms with van der Waals surface area (Å²) in [5.74, 6) is 0.336. The van der Waals surface area contributed by atoms with E-state index in [4.69, 9.17) is 0 Å². The van der Waals surface area contributed by atoms with E-state index >= 15 is 0 Å². The molecule has 1 aromatic carbocycles. The van der Waals surface area contributed by atoms with E-state index in [0.717, 1.165) is 23.7 Å². The zero-order valence-electron chi connectivity index (χ0n) is 10.8. The van der Waals surface area contributed by atoms with E-state index in [0.29, 0.717) is 11.6 Å². The minimum absolute atomic E-state index is 0.00998. The Bertz CT molecular complexity index is 525. The van der Waals surface area contributed by atoms with Crippen molar-refractivity contribution in [2.45, 2.75) is 26.2 Å². The summed E-state index contributed by atoms with van der Waals surface area (Å²) < 4.78 is 0.946. The van der Waals surface area contributed by atoms with E-state index in [2.05, 4.69) is 22.9 Å². The highest BCUT2D eigenvalue weighted by Gasteiger charge is 2.49. The van der Waals surface area contributed by atoms with Gasteiger partial charge >= 0.3 is 0 Å². The Balaban J connectivity index is 1.93. The molecule has 0 N–H and O–H groups in total. The van der Waals surface area contributed by atoms with E-state index in [1.807, 2.05) is 24.3 Å². The molecule has 2 aliphatic rings. The quantitative estimate of drug-likeness (QED) is 0.744. The van der Waals surface area contributed by atoms with E-state index < -0.39 is 0 Å². The lowest BCUT2D eigenvalue weighted by Crippen LogP contribution is -2.30. The maximum Gasteiger partial charge on any atom is 0.237 e. The Kier molecular flexibility index (Phi) is 3.21. The zero-order chi connectivity index (χ0) is 13.6. The molecule has 3 nitrogen and oxygen atoms in total. The van der Waals surface area contributed by atoms with Gasteiger partial charge in [-0.15, -0.1) is 0 Å². The SMILES string of the molecule is C[C@@H]1CC[C@@H]2C(=O)N(c3ccc(Br)cc3)C(=O)[C@H]2C1. The summed E-state index contributed by atoms with van der Waals surface area (Å²) in [7, 11) is 0. The number of rotatable bonds is 1. The first-order valence-corrected chi connectivity index (χ1v) is 7.50. The predicted octanol–water partition coefficient (Wildman–Crippen LogP) is 3.37. The highest BCUT2D eigenvalue weighted by Crippen LogP contribution is 2.42. The molecule has 0 unspecified atom stereocenters. The maximum absolute atomic E-state index is 12.5. The van der Waals surface area contributed by atoms with Crippen LogP contribution in [0, 0.1) is 17.8 Å². The summed E-state index contributed by atoms with van der Waals surface area (Å²) in [6.07, 6.45) is 2.75. The van der Waals surface area contributed by atoms with Crippen molar-refractivity contribution in [3.8, 4) is 0 Å². The highest BCUT2D eigenvalue weighted by molar-refractivity contribution is 9.10. The van der Waals surface area contributed by atoms with Crippen molar-refractivity contribution < 1.29 is 9.59 Å². The molecule has 3 rings (SSSR count). The second-order valence-electron chi connectivity index (χ2n) is 5.62. The van der Waals surface area contributed by atoms with Crippen molar-refractivity contribution in [3.05, 3.63) is 28.7 Å². The van der Waals surface area contributed by atoms with E-state index in [9.17, 15) is 9.59 Å². The van der Waals surface area contributed by atoms with Gasteiger partial charge in [0.1, 0.15) is 0 Å². The highest BCUT2D eigenvalue weighted by atomic mass is 79.9. The van der Waals surface area contributed by atoms with Crippen molar-refractivity contribution in [2.75, 3.05) is 4.90 Å². The molecule has 1 aromatic rings. The minimum Gasteiger partial charge on any atom is -0.274 e. The molecule has 0 aromatic heterocycles. The summed E-state index contributed by atoms with van der Waals surface area (Å²) in [5.41, 5.74) is 0.695. The Morgan fingerprint density at radius 3 is 2.37 bits per heavy atom. The third-order valence-electron chi connectivity index (χ3n) is 4.27. The Labute approximate surface area is 121 Å². The molecule has 1 saturated heterocycles. The third kappa shape index (κ3) is 2.12. The van der Waals surface area contributed by atoms with Gasteiger partial charge in [-0.25, -0.2) is 0 Å². The van der Waals surface area contributed by atoms with Gasteiger partial charge in [0.15, 0.2) is 0 Å². The number of carbonyl (C=O) groups is 2. The van der Waals surface area contributed by atoms with Crippen LogP contribution >= 0.6 is 15.9 Å². The molecule has 2 amide bonds. The molecule has 19 heavy (non-hydrogen) atoms. The number of imide groups is 1. The van der Waals surface area contributed by atoms with Crippen LogP contribution in [0.5, 0.6) is 0 Å². The Hall–Kier alpha value is -1.16. The first kappa shape index (κ1) is 12.9. The van der Waals surface area contributed by atoms with Gasteiger partial charge in [-0.1, -0.05) is 22.9 Å². The number of hydrogen-bond acceptors (Lipinski definition) is 2. The van der Waals surface area contributed by atoms with Crippen LogP contribution in [-0.2, 0) is 9.59 Å². The average Bonchev–Trinajstić information content (AvgIpc) is 2.63. The number of nitrogens with zero attached hydrogens (tertiary/aromatic N) is 1. The van der Waals surface area contributed by atoms with Gasteiger partial charge in [0.2, 0.25) is 11.8 Å². The Morgan fingerprint density at radius 1 is 1.05 bits per heavy atom. The molecule has 1 aliphatic heterocycles. The normalized spacial score (nSPS) is 30.6. The predicted molar refractivity (Wildman–Crippen MR) is 76.6 cm³/mol. The number of amides is 2. The van der Waals surface area contributed by atoms with E-state index in [1.165, 1.54) is 4.90 Å². The summed E-state index contributed by atoms with van der Waals surface area (Å²) in [4.78, 5) is 26.3. The van der Waals surface area contributed by atoms with Gasteiger partial charge in [-0.05, 0) is 49.4 Å². The second-order valence-corrected chi connectivity index (χ2v) is 6.54. The summed E-state index contributed by atoms with van der Waals surface area (Å²) >= 11 is 3.36. The van der Waals surface area contributed by atoms with Crippen LogP contribution in [0.3, 0.4) is 0 Å². The van der Waals surface area contributed by atoms with Crippen LogP contribution in [-0.4, -0.2) is 11.8 Å². The van der Waals surface area contributed by atoms with Crippen LogP contribution < -0.4 is 4.90 Å². The first-order chi connectivity index (χ1) is 9.08. The first-order valence-electron chi connectivity index (χ1n) is 6.71. The van der Waals surface area contributed by atoms with Crippen molar-refractivity contribution in [1.82, 2.24) is 0 Å². The number of anilines is 1. The van der Waals surface area contributed by atoms with E-state index in [-0.39, 0.29) is 23.7 Å². The summed E-state index contributed by atoms with van der Waals surface area (Å²) in [5, 5.41) is 0. The fraction of sp³-hybridized carbons (Fsp3) is 0.467. The molecule has 0 bridgehead atoms. The molecule has 1 saturated carbocycles. The summed E-state index contributed by atoms with van der Waals surface area (Å²) in [6, 6.07) is 7.36. The molecule has 0 radical (unpaired) electrons. The van der Waals surface area contributed by atoms with Crippen LogP contribution in [0.25, 0.3) is 0 Å². The second kappa shape index (κ2) is 4.75. The topological polar surface area (TPSA) is 37.4 Å². The number of carbonyl (C=O) groups excluding carboxylic acids is 2. The lowest BCUT2D eigenvalue weighted by molar-refractivity contribution is -0.122. The van der Waals surface area contributed by atoms with Crippen molar-refractivity contribution >= 4 is 33.4 Å². The van der Waals surface area contributed by atoms with Gasteiger partial charge in [0.25, 0.3) is 0 Å².